The number of anilines is 2. The lowest BCUT2D eigenvalue weighted by Crippen LogP contribution is -2.18. The lowest BCUT2D eigenvalue weighted by Gasteiger charge is -2.15. The molecule has 2 amide bonds. The fraction of sp³-hybridized carbons (Fsp3) is 0.0909. The number of furan rings is 2. The summed E-state index contributed by atoms with van der Waals surface area (Å²) in [6.45, 7) is 1.61. The van der Waals surface area contributed by atoms with Crippen LogP contribution in [0.5, 0.6) is 0 Å². The summed E-state index contributed by atoms with van der Waals surface area (Å²) in [4.78, 5) is 24.8. The van der Waals surface area contributed by atoms with Crippen molar-refractivity contribution in [3.05, 3.63) is 82.5 Å². The molecule has 4 rings (SSSR count). The first-order chi connectivity index (χ1) is 15.1. The van der Waals surface area contributed by atoms with Crippen LogP contribution in [0.25, 0.3) is 11.0 Å². The second-order valence-electron chi connectivity index (χ2n) is 6.84. The van der Waals surface area contributed by atoms with Crippen molar-refractivity contribution in [2.45, 2.75) is 13.1 Å². The first kappa shape index (κ1) is 21.5. The minimum atomic E-state index is -4.80. The number of fused-ring (bicyclic) bond motifs is 1. The van der Waals surface area contributed by atoms with Gasteiger partial charge in [-0.25, -0.2) is 0 Å². The van der Waals surface area contributed by atoms with Crippen molar-refractivity contribution in [2.24, 2.45) is 0 Å². The molecule has 6 nitrogen and oxygen atoms in total. The van der Waals surface area contributed by atoms with E-state index < -0.39 is 29.2 Å². The van der Waals surface area contributed by atoms with Crippen molar-refractivity contribution in [2.75, 3.05) is 10.6 Å². The van der Waals surface area contributed by atoms with Crippen LogP contribution in [0.2, 0.25) is 5.02 Å². The Bertz CT molecular complexity index is 1330. The van der Waals surface area contributed by atoms with E-state index in [9.17, 15) is 22.8 Å². The Labute approximate surface area is 183 Å². The monoisotopic (exact) mass is 462 g/mol. The molecule has 2 aromatic heterocycles. The molecule has 0 radical (unpaired) electrons. The minimum absolute atomic E-state index is 0.0589. The molecule has 2 heterocycles. The number of carbonyl (C=O) groups excluding carboxylic acids is 2. The molecule has 0 spiro atoms. The van der Waals surface area contributed by atoms with Crippen LogP contribution in [0, 0.1) is 6.92 Å². The Balaban J connectivity index is 1.63. The Morgan fingerprint density at radius 1 is 1.00 bits per heavy atom. The van der Waals surface area contributed by atoms with Crippen LogP contribution in [0.15, 0.2) is 63.6 Å². The maximum absolute atomic E-state index is 13.7. The van der Waals surface area contributed by atoms with E-state index in [-0.39, 0.29) is 17.2 Å². The van der Waals surface area contributed by atoms with Gasteiger partial charge < -0.3 is 19.5 Å². The molecule has 0 unspecified atom stereocenters. The summed E-state index contributed by atoms with van der Waals surface area (Å²) >= 11 is 5.96. The minimum Gasteiger partial charge on any atom is -0.459 e. The predicted octanol–water partition coefficient (Wildman–Crippen LogP) is 6.51. The van der Waals surface area contributed by atoms with Crippen LogP contribution in [0.3, 0.4) is 0 Å². The molecule has 164 valence electrons. The van der Waals surface area contributed by atoms with E-state index in [1.165, 1.54) is 24.5 Å². The van der Waals surface area contributed by atoms with Gasteiger partial charge >= 0.3 is 6.18 Å². The maximum atomic E-state index is 13.7. The first-order valence-corrected chi connectivity index (χ1v) is 9.57. The Hall–Kier alpha value is -3.72. The van der Waals surface area contributed by atoms with Crippen molar-refractivity contribution in [1.82, 2.24) is 0 Å². The zero-order chi connectivity index (χ0) is 23.0. The van der Waals surface area contributed by atoms with Gasteiger partial charge in [-0.05, 0) is 55.5 Å². The Morgan fingerprint density at radius 3 is 2.47 bits per heavy atom. The highest BCUT2D eigenvalue weighted by atomic mass is 35.5. The molecule has 0 bridgehead atoms. The Kier molecular flexibility index (Phi) is 5.43. The standard InChI is InChI=1S/C22H14ClF3N2O4/c1-11-14-9-12(23)4-7-17(14)32-19(11)21(30)28-16-6-5-13(10-15(16)22(24,25)26)27-20(29)18-3-2-8-31-18/h2-10H,1H3,(H,27,29)(H,28,30). The molecule has 0 aliphatic rings. The maximum Gasteiger partial charge on any atom is 0.418 e. The summed E-state index contributed by atoms with van der Waals surface area (Å²) < 4.78 is 51.4. The van der Waals surface area contributed by atoms with Crippen LogP contribution < -0.4 is 10.6 Å². The van der Waals surface area contributed by atoms with Gasteiger partial charge in [0.15, 0.2) is 11.5 Å². The number of aryl methyl sites for hydroxylation is 1. The zero-order valence-corrected chi connectivity index (χ0v) is 17.1. The van der Waals surface area contributed by atoms with Crippen LogP contribution >= 0.6 is 11.6 Å². The van der Waals surface area contributed by atoms with E-state index in [0.717, 1.165) is 12.1 Å². The van der Waals surface area contributed by atoms with Gasteiger partial charge in [-0.3, -0.25) is 9.59 Å². The largest absolute Gasteiger partial charge is 0.459 e. The summed E-state index contributed by atoms with van der Waals surface area (Å²) in [6.07, 6.45) is -3.53. The van der Waals surface area contributed by atoms with Crippen molar-refractivity contribution < 1.29 is 31.6 Å². The van der Waals surface area contributed by atoms with Crippen molar-refractivity contribution in [1.29, 1.82) is 0 Å². The molecule has 4 aromatic rings. The van der Waals surface area contributed by atoms with E-state index in [1.54, 1.807) is 25.1 Å². The van der Waals surface area contributed by atoms with E-state index >= 15 is 0 Å². The number of carbonyl (C=O) groups is 2. The van der Waals surface area contributed by atoms with Gasteiger partial charge in [-0.15, -0.1) is 0 Å². The fourth-order valence-electron chi connectivity index (χ4n) is 3.15. The number of alkyl halides is 3. The third-order valence-electron chi connectivity index (χ3n) is 4.68. The van der Waals surface area contributed by atoms with E-state index in [4.69, 9.17) is 20.4 Å². The molecule has 0 aliphatic carbocycles. The number of halogens is 4. The van der Waals surface area contributed by atoms with Gasteiger partial charge in [0.2, 0.25) is 0 Å². The first-order valence-electron chi connectivity index (χ1n) is 9.19. The lowest BCUT2D eigenvalue weighted by atomic mass is 10.1. The number of rotatable bonds is 4. The van der Waals surface area contributed by atoms with Gasteiger partial charge in [-0.2, -0.15) is 13.2 Å². The average Bonchev–Trinajstić information content (AvgIpc) is 3.37. The van der Waals surface area contributed by atoms with Crippen LogP contribution in [-0.4, -0.2) is 11.8 Å². The third-order valence-corrected chi connectivity index (χ3v) is 4.92. The molecule has 2 N–H and O–H groups in total. The predicted molar refractivity (Wildman–Crippen MR) is 112 cm³/mol. The number of amides is 2. The quantitative estimate of drug-likeness (QED) is 0.362. The van der Waals surface area contributed by atoms with Crippen molar-refractivity contribution >= 4 is 45.8 Å². The number of hydrogen-bond acceptors (Lipinski definition) is 4. The smallest absolute Gasteiger partial charge is 0.418 e. The topological polar surface area (TPSA) is 84.5 Å². The van der Waals surface area contributed by atoms with Gasteiger partial charge in [0.05, 0.1) is 17.5 Å². The SMILES string of the molecule is Cc1c(C(=O)Nc2ccc(NC(=O)c3ccco3)cc2C(F)(F)F)oc2ccc(Cl)cc12. The Morgan fingerprint density at radius 2 is 1.78 bits per heavy atom. The highest BCUT2D eigenvalue weighted by Gasteiger charge is 2.35. The molecular formula is C22H14ClF3N2O4. The molecule has 2 aromatic carbocycles. The summed E-state index contributed by atoms with van der Waals surface area (Å²) in [5.74, 6) is -1.76. The molecule has 32 heavy (non-hydrogen) atoms. The van der Waals surface area contributed by atoms with Gasteiger partial charge in [-0.1, -0.05) is 11.6 Å². The van der Waals surface area contributed by atoms with E-state index in [1.807, 2.05) is 0 Å². The molecule has 0 aliphatic heterocycles. The lowest BCUT2D eigenvalue weighted by molar-refractivity contribution is -0.136. The number of nitrogens with one attached hydrogen (secondary N) is 2. The molecule has 0 saturated carbocycles. The fourth-order valence-corrected chi connectivity index (χ4v) is 3.33. The number of hydrogen-bond donors (Lipinski definition) is 2. The summed E-state index contributed by atoms with van der Waals surface area (Å²) in [7, 11) is 0. The highest BCUT2D eigenvalue weighted by molar-refractivity contribution is 6.31. The second kappa shape index (κ2) is 8.08. The molecule has 10 heteroatoms. The molecule has 0 saturated heterocycles. The summed E-state index contributed by atoms with van der Waals surface area (Å²) in [5, 5.41) is 5.57. The number of benzene rings is 2. The molecule has 0 fully saturated rings. The molecular weight excluding hydrogens is 449 g/mol. The van der Waals surface area contributed by atoms with Crippen LogP contribution in [0.4, 0.5) is 24.5 Å². The van der Waals surface area contributed by atoms with Crippen molar-refractivity contribution in [3.8, 4) is 0 Å². The van der Waals surface area contributed by atoms with Gasteiger partial charge in [0, 0.05) is 21.7 Å². The van der Waals surface area contributed by atoms with E-state index in [0.29, 0.717) is 21.6 Å². The summed E-state index contributed by atoms with van der Waals surface area (Å²) in [6, 6.07) is 10.6. The average molecular weight is 463 g/mol. The molecule has 0 atom stereocenters. The van der Waals surface area contributed by atoms with Crippen LogP contribution in [0.1, 0.15) is 32.2 Å². The van der Waals surface area contributed by atoms with Crippen molar-refractivity contribution in [3.63, 3.8) is 0 Å². The van der Waals surface area contributed by atoms with Gasteiger partial charge in [0.1, 0.15) is 5.58 Å². The zero-order valence-electron chi connectivity index (χ0n) is 16.3. The summed E-state index contributed by atoms with van der Waals surface area (Å²) in [5.41, 5.74) is -0.928. The highest BCUT2D eigenvalue weighted by Crippen LogP contribution is 2.37. The second-order valence-corrected chi connectivity index (χ2v) is 7.28. The van der Waals surface area contributed by atoms with Gasteiger partial charge in [0.25, 0.3) is 11.8 Å². The van der Waals surface area contributed by atoms with Crippen LogP contribution in [-0.2, 0) is 6.18 Å². The normalized spacial score (nSPS) is 11.5. The third kappa shape index (κ3) is 4.19. The van der Waals surface area contributed by atoms with E-state index in [2.05, 4.69) is 10.6 Å².